The molecule has 1 aliphatic heterocycles. The highest BCUT2D eigenvalue weighted by molar-refractivity contribution is 6.12. The van der Waals surface area contributed by atoms with Crippen LogP contribution in [-0.4, -0.2) is 63.6 Å². The van der Waals surface area contributed by atoms with Gasteiger partial charge in [0.1, 0.15) is 11.3 Å². The number of piperidine rings is 1. The van der Waals surface area contributed by atoms with Gasteiger partial charge < -0.3 is 15.1 Å². The number of pyridine rings is 1. The minimum atomic E-state index is -0.483. The van der Waals surface area contributed by atoms with Gasteiger partial charge in [0.05, 0.1) is 23.1 Å². The lowest BCUT2D eigenvalue weighted by Gasteiger charge is -2.37. The minimum Gasteiger partial charge on any atom is -0.356 e. The van der Waals surface area contributed by atoms with E-state index in [1.165, 1.54) is 6.07 Å². The lowest BCUT2D eigenvalue weighted by molar-refractivity contribution is 0.102. The summed E-state index contributed by atoms with van der Waals surface area (Å²) in [7, 11) is 4.18. The molecule has 3 aromatic heterocycles. The molecule has 0 aliphatic carbocycles. The highest BCUT2D eigenvalue weighted by atomic mass is 19.1. The summed E-state index contributed by atoms with van der Waals surface area (Å²) in [5.41, 5.74) is 2.27. The first-order valence-corrected chi connectivity index (χ1v) is 11.0. The maximum absolute atomic E-state index is 15.0. The molecule has 170 valence electrons. The minimum absolute atomic E-state index is 0.256. The number of aryl methyl sites for hydroxylation is 1. The fourth-order valence-electron chi connectivity index (χ4n) is 4.61. The first-order valence-electron chi connectivity index (χ1n) is 11.0. The lowest BCUT2D eigenvalue weighted by Crippen LogP contribution is -2.42. The Kier molecular flexibility index (Phi) is 5.41. The average Bonchev–Trinajstić information content (AvgIpc) is 3.20. The molecule has 0 atom stereocenters. The molecule has 0 spiro atoms. The Morgan fingerprint density at radius 2 is 2.00 bits per heavy atom. The van der Waals surface area contributed by atoms with Gasteiger partial charge in [0.15, 0.2) is 11.5 Å². The number of anilines is 2. The Labute approximate surface area is 191 Å². The predicted octanol–water partition coefficient (Wildman–Crippen LogP) is 3.51. The summed E-state index contributed by atoms with van der Waals surface area (Å²) in [6.07, 6.45) is 5.35. The van der Waals surface area contributed by atoms with Crippen LogP contribution in [-0.2, 0) is 0 Å². The van der Waals surface area contributed by atoms with Crippen molar-refractivity contribution in [3.8, 4) is 0 Å². The molecule has 1 aliphatic rings. The third-order valence-corrected chi connectivity index (χ3v) is 6.31. The molecule has 4 aromatic rings. The van der Waals surface area contributed by atoms with Crippen LogP contribution in [0.4, 0.5) is 15.9 Å². The SMILES string of the molecule is Cc1cn2c(N3CCC(N(C)C)CC3)c(NC(=O)c3cccc4ccnnc34)cc(F)c2n1. The van der Waals surface area contributed by atoms with Crippen molar-refractivity contribution in [1.29, 1.82) is 0 Å². The summed E-state index contributed by atoms with van der Waals surface area (Å²) in [4.78, 5) is 22.1. The van der Waals surface area contributed by atoms with Crippen LogP contribution in [0.3, 0.4) is 0 Å². The van der Waals surface area contributed by atoms with E-state index in [1.807, 2.05) is 19.2 Å². The van der Waals surface area contributed by atoms with Crippen LogP contribution in [0.15, 0.2) is 42.7 Å². The zero-order chi connectivity index (χ0) is 23.1. The number of carbonyl (C=O) groups excluding carboxylic acids is 1. The number of fused-ring (bicyclic) bond motifs is 2. The number of hydrogen-bond acceptors (Lipinski definition) is 6. The highest BCUT2D eigenvalue weighted by Crippen LogP contribution is 2.33. The maximum Gasteiger partial charge on any atom is 0.258 e. The van der Waals surface area contributed by atoms with Crippen LogP contribution in [0.25, 0.3) is 16.6 Å². The number of amides is 1. The normalized spacial score (nSPS) is 15.0. The monoisotopic (exact) mass is 447 g/mol. The van der Waals surface area contributed by atoms with Crippen molar-refractivity contribution < 1.29 is 9.18 Å². The second-order valence-corrected chi connectivity index (χ2v) is 8.72. The molecule has 1 saturated heterocycles. The molecule has 33 heavy (non-hydrogen) atoms. The number of aromatic nitrogens is 4. The van der Waals surface area contributed by atoms with Crippen LogP contribution in [0.1, 0.15) is 28.9 Å². The summed E-state index contributed by atoms with van der Waals surface area (Å²) in [6.45, 7) is 3.42. The Hall–Kier alpha value is -3.59. The summed E-state index contributed by atoms with van der Waals surface area (Å²) in [6, 6.07) is 9.04. The van der Waals surface area contributed by atoms with Crippen molar-refractivity contribution in [2.24, 2.45) is 0 Å². The van der Waals surface area contributed by atoms with Crippen LogP contribution in [0, 0.1) is 12.7 Å². The van der Waals surface area contributed by atoms with Gasteiger partial charge >= 0.3 is 0 Å². The topological polar surface area (TPSA) is 78.7 Å². The van der Waals surface area contributed by atoms with Gasteiger partial charge in [-0.25, -0.2) is 9.37 Å². The average molecular weight is 448 g/mol. The van der Waals surface area contributed by atoms with Gasteiger partial charge in [0.2, 0.25) is 0 Å². The van der Waals surface area contributed by atoms with E-state index in [4.69, 9.17) is 0 Å². The molecule has 1 N–H and O–H groups in total. The molecular weight excluding hydrogens is 421 g/mol. The van der Waals surface area contributed by atoms with Gasteiger partial charge in [-0.15, -0.1) is 5.10 Å². The van der Waals surface area contributed by atoms with E-state index in [1.54, 1.807) is 28.8 Å². The number of hydrogen-bond donors (Lipinski definition) is 1. The predicted molar refractivity (Wildman–Crippen MR) is 126 cm³/mol. The van der Waals surface area contributed by atoms with E-state index in [0.717, 1.165) is 37.1 Å². The van der Waals surface area contributed by atoms with Gasteiger partial charge in [0.25, 0.3) is 5.91 Å². The highest BCUT2D eigenvalue weighted by Gasteiger charge is 2.26. The van der Waals surface area contributed by atoms with Crippen molar-refractivity contribution >= 4 is 34.0 Å². The van der Waals surface area contributed by atoms with Gasteiger partial charge in [-0.1, -0.05) is 12.1 Å². The fraction of sp³-hybridized carbons (Fsp3) is 0.333. The largest absolute Gasteiger partial charge is 0.356 e. The van der Waals surface area contributed by atoms with E-state index in [-0.39, 0.29) is 11.6 Å². The number of carbonyl (C=O) groups is 1. The smallest absolute Gasteiger partial charge is 0.258 e. The van der Waals surface area contributed by atoms with Gasteiger partial charge in [0, 0.05) is 36.8 Å². The number of halogens is 1. The Morgan fingerprint density at radius 3 is 2.76 bits per heavy atom. The molecule has 1 fully saturated rings. The van der Waals surface area contributed by atoms with Crippen molar-refractivity contribution in [2.45, 2.75) is 25.8 Å². The molecule has 8 nitrogen and oxygen atoms in total. The molecule has 0 bridgehead atoms. The lowest BCUT2D eigenvalue weighted by atomic mass is 10.0. The van der Waals surface area contributed by atoms with E-state index in [2.05, 4.69) is 44.4 Å². The zero-order valence-corrected chi connectivity index (χ0v) is 18.9. The molecule has 1 aromatic carbocycles. The maximum atomic E-state index is 15.0. The third-order valence-electron chi connectivity index (χ3n) is 6.31. The molecular formula is C24H26FN7O. The standard InChI is InChI=1S/C24H26FN7O/c1-15-14-32-22(27-15)19(25)13-20(24(32)31-11-8-17(9-12-31)30(2)3)28-23(33)18-6-4-5-16-7-10-26-29-21(16)18/h4-7,10,13-14,17H,8-9,11-12H2,1-3H3,(H,28,33). The number of imidazole rings is 1. The van der Waals surface area contributed by atoms with Crippen molar-refractivity contribution in [3.63, 3.8) is 0 Å². The van der Waals surface area contributed by atoms with E-state index < -0.39 is 5.82 Å². The van der Waals surface area contributed by atoms with Crippen LogP contribution in [0.2, 0.25) is 0 Å². The summed E-state index contributed by atoms with van der Waals surface area (Å²) >= 11 is 0. The van der Waals surface area contributed by atoms with Gasteiger partial charge in [-0.2, -0.15) is 5.10 Å². The Morgan fingerprint density at radius 1 is 1.21 bits per heavy atom. The van der Waals surface area contributed by atoms with Gasteiger partial charge in [-0.05, 0) is 46.0 Å². The first kappa shape index (κ1) is 21.3. The molecule has 9 heteroatoms. The quantitative estimate of drug-likeness (QED) is 0.516. The molecule has 1 amide bonds. The number of nitrogens with one attached hydrogen (secondary N) is 1. The zero-order valence-electron chi connectivity index (χ0n) is 18.9. The van der Waals surface area contributed by atoms with Crippen molar-refractivity contribution in [1.82, 2.24) is 24.5 Å². The third kappa shape index (κ3) is 3.89. The van der Waals surface area contributed by atoms with E-state index in [9.17, 15) is 9.18 Å². The second-order valence-electron chi connectivity index (χ2n) is 8.72. The van der Waals surface area contributed by atoms with Crippen LogP contribution in [0.5, 0.6) is 0 Å². The fourth-order valence-corrected chi connectivity index (χ4v) is 4.61. The first-order chi connectivity index (χ1) is 15.9. The number of benzene rings is 1. The van der Waals surface area contributed by atoms with Crippen molar-refractivity contribution in [3.05, 3.63) is 59.8 Å². The van der Waals surface area contributed by atoms with Crippen LogP contribution >= 0.6 is 0 Å². The van der Waals surface area contributed by atoms with Crippen molar-refractivity contribution in [2.75, 3.05) is 37.4 Å². The molecule has 5 rings (SSSR count). The molecule has 4 heterocycles. The van der Waals surface area contributed by atoms with Gasteiger partial charge in [-0.3, -0.25) is 9.20 Å². The Balaban J connectivity index is 1.56. The molecule has 0 saturated carbocycles. The summed E-state index contributed by atoms with van der Waals surface area (Å²) in [5.74, 6) is -0.104. The number of nitrogens with zero attached hydrogens (tertiary/aromatic N) is 6. The van der Waals surface area contributed by atoms with Crippen LogP contribution < -0.4 is 10.2 Å². The second kappa shape index (κ2) is 8.40. The Bertz CT molecular complexity index is 1340. The molecule has 0 radical (unpaired) electrons. The summed E-state index contributed by atoms with van der Waals surface area (Å²) in [5, 5.41) is 11.8. The summed E-state index contributed by atoms with van der Waals surface area (Å²) < 4.78 is 16.7. The van der Waals surface area contributed by atoms with E-state index in [0.29, 0.717) is 28.5 Å². The van der Waals surface area contributed by atoms with E-state index >= 15 is 0 Å². The number of rotatable bonds is 4. The molecule has 0 unspecified atom stereocenters.